The van der Waals surface area contributed by atoms with Gasteiger partial charge >= 0.3 is 0 Å². The second-order valence-corrected chi connectivity index (χ2v) is 4.60. The predicted octanol–water partition coefficient (Wildman–Crippen LogP) is 1.91. The smallest absolute Gasteiger partial charge is 0.124 e. The van der Waals surface area contributed by atoms with Crippen LogP contribution in [0.5, 0.6) is 0 Å². The molecule has 0 spiro atoms. The van der Waals surface area contributed by atoms with Crippen LogP contribution >= 0.6 is 12.2 Å². The molecule has 0 bridgehead atoms. The molecule has 0 saturated carbocycles. The van der Waals surface area contributed by atoms with Crippen LogP contribution in [0.1, 0.15) is 12.0 Å². The Hall–Kier alpha value is -1.20. The number of hydrogen-bond donors (Lipinski definition) is 2. The number of nitrogens with two attached hydrogens (primary N) is 1. The van der Waals surface area contributed by atoms with Gasteiger partial charge in [-0.15, -0.1) is 0 Å². The van der Waals surface area contributed by atoms with Gasteiger partial charge in [-0.05, 0) is 24.6 Å². The molecule has 5 heteroatoms. The van der Waals surface area contributed by atoms with Crippen LogP contribution in [0.3, 0.4) is 0 Å². The molecule has 2 rings (SSSR count). The molecule has 0 aliphatic carbocycles. The van der Waals surface area contributed by atoms with Crippen LogP contribution < -0.4 is 11.1 Å². The third-order valence-corrected chi connectivity index (χ3v) is 3.07. The molecule has 92 valence electrons. The Morgan fingerprint density at radius 1 is 1.59 bits per heavy atom. The second-order valence-electron chi connectivity index (χ2n) is 4.16. The minimum atomic E-state index is -0.331. The first-order chi connectivity index (χ1) is 8.16. The van der Waals surface area contributed by atoms with E-state index in [0.29, 0.717) is 11.5 Å². The quantitative estimate of drug-likeness (QED) is 0.806. The molecule has 1 aliphatic heterocycles. The van der Waals surface area contributed by atoms with Gasteiger partial charge in [-0.3, -0.25) is 0 Å². The fraction of sp³-hybridized carbons (Fsp3) is 0.417. The maximum Gasteiger partial charge on any atom is 0.124 e. The Bertz CT molecular complexity index is 419. The van der Waals surface area contributed by atoms with Crippen molar-refractivity contribution >= 4 is 22.9 Å². The molecule has 1 unspecified atom stereocenters. The van der Waals surface area contributed by atoms with Gasteiger partial charge in [0.25, 0.3) is 0 Å². The molecular weight excluding hydrogens is 239 g/mol. The van der Waals surface area contributed by atoms with E-state index >= 15 is 0 Å². The molecule has 0 radical (unpaired) electrons. The molecule has 17 heavy (non-hydrogen) atoms. The number of hydrogen-bond acceptors (Lipinski definition) is 3. The molecule has 1 atom stereocenters. The van der Waals surface area contributed by atoms with E-state index < -0.39 is 0 Å². The van der Waals surface area contributed by atoms with Crippen LogP contribution in [0.2, 0.25) is 0 Å². The van der Waals surface area contributed by atoms with Crippen LogP contribution in [0, 0.1) is 11.7 Å². The normalized spacial score (nSPS) is 19.2. The topological polar surface area (TPSA) is 47.3 Å². The van der Waals surface area contributed by atoms with Crippen molar-refractivity contribution in [3.05, 3.63) is 29.6 Å². The zero-order valence-corrected chi connectivity index (χ0v) is 10.2. The highest BCUT2D eigenvalue weighted by Gasteiger charge is 2.16. The van der Waals surface area contributed by atoms with Gasteiger partial charge in [0, 0.05) is 30.3 Å². The van der Waals surface area contributed by atoms with Gasteiger partial charge in [-0.1, -0.05) is 12.2 Å². The van der Waals surface area contributed by atoms with E-state index in [0.717, 1.165) is 31.9 Å². The van der Waals surface area contributed by atoms with Crippen molar-refractivity contribution in [2.45, 2.75) is 6.42 Å². The molecule has 1 fully saturated rings. The zero-order valence-electron chi connectivity index (χ0n) is 9.41. The summed E-state index contributed by atoms with van der Waals surface area (Å²) in [5.41, 5.74) is 6.90. The first kappa shape index (κ1) is 12.3. The van der Waals surface area contributed by atoms with Crippen molar-refractivity contribution in [3.8, 4) is 0 Å². The van der Waals surface area contributed by atoms with Crippen LogP contribution in [0.4, 0.5) is 10.1 Å². The van der Waals surface area contributed by atoms with Crippen LogP contribution in [0.15, 0.2) is 18.2 Å². The number of halogens is 1. The van der Waals surface area contributed by atoms with Crippen LogP contribution in [-0.2, 0) is 4.74 Å². The Kier molecular flexibility index (Phi) is 3.91. The summed E-state index contributed by atoms with van der Waals surface area (Å²) in [6.07, 6.45) is 1.05. The summed E-state index contributed by atoms with van der Waals surface area (Å²) in [4.78, 5) is 0.203. The van der Waals surface area contributed by atoms with Gasteiger partial charge in [0.15, 0.2) is 0 Å². The molecular formula is C12H15FN2OS. The first-order valence-electron chi connectivity index (χ1n) is 5.58. The van der Waals surface area contributed by atoms with Crippen molar-refractivity contribution in [1.29, 1.82) is 0 Å². The molecule has 1 aromatic carbocycles. The number of nitrogens with one attached hydrogen (secondary N) is 1. The number of thiocarbonyl (C=S) groups is 1. The summed E-state index contributed by atoms with van der Waals surface area (Å²) in [6.45, 7) is 2.38. The highest BCUT2D eigenvalue weighted by atomic mass is 32.1. The van der Waals surface area contributed by atoms with Gasteiger partial charge in [0.1, 0.15) is 10.8 Å². The van der Waals surface area contributed by atoms with Gasteiger partial charge in [0.05, 0.1) is 6.61 Å². The number of benzene rings is 1. The van der Waals surface area contributed by atoms with Gasteiger partial charge < -0.3 is 15.8 Å². The van der Waals surface area contributed by atoms with E-state index in [1.807, 2.05) is 0 Å². The van der Waals surface area contributed by atoms with Crippen molar-refractivity contribution in [1.82, 2.24) is 0 Å². The Labute approximate surface area is 105 Å². The van der Waals surface area contributed by atoms with E-state index in [2.05, 4.69) is 5.32 Å². The summed E-state index contributed by atoms with van der Waals surface area (Å²) >= 11 is 4.90. The zero-order chi connectivity index (χ0) is 12.3. The Morgan fingerprint density at radius 2 is 2.41 bits per heavy atom. The van der Waals surface area contributed by atoms with Crippen LogP contribution in [-0.4, -0.2) is 24.7 Å². The van der Waals surface area contributed by atoms with Gasteiger partial charge in [-0.2, -0.15) is 0 Å². The number of ether oxygens (including phenoxy) is 1. The summed E-state index contributed by atoms with van der Waals surface area (Å²) in [5, 5.41) is 3.25. The summed E-state index contributed by atoms with van der Waals surface area (Å²) in [7, 11) is 0. The molecule has 3 N–H and O–H groups in total. The maximum atomic E-state index is 13.1. The lowest BCUT2D eigenvalue weighted by atomic mass is 10.1. The molecule has 0 aromatic heterocycles. The minimum Gasteiger partial charge on any atom is -0.389 e. The molecule has 1 saturated heterocycles. The third kappa shape index (κ3) is 3.14. The van der Waals surface area contributed by atoms with Gasteiger partial charge in [0.2, 0.25) is 0 Å². The van der Waals surface area contributed by atoms with Crippen molar-refractivity contribution in [3.63, 3.8) is 0 Å². The summed E-state index contributed by atoms with van der Waals surface area (Å²) < 4.78 is 18.4. The summed E-state index contributed by atoms with van der Waals surface area (Å²) in [6, 6.07) is 4.42. The monoisotopic (exact) mass is 254 g/mol. The lowest BCUT2D eigenvalue weighted by Gasteiger charge is -2.14. The average Bonchev–Trinajstić information content (AvgIpc) is 2.80. The largest absolute Gasteiger partial charge is 0.389 e. The molecule has 1 aromatic rings. The molecule has 3 nitrogen and oxygen atoms in total. The average molecular weight is 254 g/mol. The molecule has 1 heterocycles. The van der Waals surface area contributed by atoms with Crippen molar-refractivity contribution < 1.29 is 9.13 Å². The predicted molar refractivity (Wildman–Crippen MR) is 69.7 cm³/mol. The van der Waals surface area contributed by atoms with E-state index in [4.69, 9.17) is 22.7 Å². The Balaban J connectivity index is 2.06. The van der Waals surface area contributed by atoms with E-state index in [9.17, 15) is 4.39 Å². The number of anilines is 1. The lowest BCUT2D eigenvalue weighted by molar-refractivity contribution is 0.187. The van der Waals surface area contributed by atoms with Crippen molar-refractivity contribution in [2.24, 2.45) is 11.7 Å². The first-order valence-corrected chi connectivity index (χ1v) is 5.98. The standard InChI is InChI=1S/C12H15FN2OS/c13-9-1-2-11(10(5-9)12(14)17)15-6-8-3-4-16-7-8/h1-2,5,8,15H,3-4,6-7H2,(H2,14,17). The molecule has 0 amide bonds. The fourth-order valence-corrected chi connectivity index (χ4v) is 2.04. The van der Waals surface area contributed by atoms with E-state index in [1.54, 1.807) is 6.07 Å². The third-order valence-electron chi connectivity index (χ3n) is 2.85. The summed E-state index contributed by atoms with van der Waals surface area (Å²) in [5.74, 6) is 0.168. The SMILES string of the molecule is NC(=S)c1cc(F)ccc1NCC1CCOC1. The second kappa shape index (κ2) is 5.42. The van der Waals surface area contributed by atoms with E-state index in [-0.39, 0.29) is 10.8 Å². The lowest BCUT2D eigenvalue weighted by Crippen LogP contribution is -2.18. The highest BCUT2D eigenvalue weighted by Crippen LogP contribution is 2.19. The van der Waals surface area contributed by atoms with Gasteiger partial charge in [-0.25, -0.2) is 4.39 Å². The van der Waals surface area contributed by atoms with Crippen LogP contribution in [0.25, 0.3) is 0 Å². The minimum absolute atomic E-state index is 0.203. The molecule has 1 aliphatic rings. The number of rotatable bonds is 4. The highest BCUT2D eigenvalue weighted by molar-refractivity contribution is 7.80. The maximum absolute atomic E-state index is 13.1. The van der Waals surface area contributed by atoms with E-state index in [1.165, 1.54) is 12.1 Å². The Morgan fingerprint density at radius 3 is 3.06 bits per heavy atom. The fourth-order valence-electron chi connectivity index (χ4n) is 1.87. The van der Waals surface area contributed by atoms with Crippen molar-refractivity contribution in [2.75, 3.05) is 25.1 Å².